The van der Waals surface area contributed by atoms with Gasteiger partial charge in [-0.25, -0.2) is 4.98 Å². The molecule has 1 aromatic carbocycles. The van der Waals surface area contributed by atoms with Gasteiger partial charge in [0.1, 0.15) is 4.60 Å². The summed E-state index contributed by atoms with van der Waals surface area (Å²) in [4.78, 5) is 4.33. The Bertz CT molecular complexity index is 564. The standard InChI is InChI=1S/C18H21BrN2/c19-18-16(12-7-13-20-18)21-17(14-8-3-1-4-9-14)15-10-5-2-6-11-15/h1,3-4,7-9,12-13,15,17,21H,2,5-6,10-11H2. The molecule has 2 nitrogen and oxygen atoms in total. The van der Waals surface area contributed by atoms with E-state index < -0.39 is 0 Å². The van der Waals surface area contributed by atoms with Gasteiger partial charge in [0, 0.05) is 6.20 Å². The number of nitrogens with zero attached hydrogens (tertiary/aromatic N) is 1. The Morgan fingerprint density at radius 1 is 1.00 bits per heavy atom. The molecule has 0 spiro atoms. The van der Waals surface area contributed by atoms with E-state index in [0.717, 1.165) is 10.3 Å². The summed E-state index contributed by atoms with van der Waals surface area (Å²) in [5.41, 5.74) is 2.46. The highest BCUT2D eigenvalue weighted by atomic mass is 79.9. The van der Waals surface area contributed by atoms with Crippen molar-refractivity contribution in [3.63, 3.8) is 0 Å². The van der Waals surface area contributed by atoms with Crippen LogP contribution >= 0.6 is 15.9 Å². The number of anilines is 1. The van der Waals surface area contributed by atoms with E-state index in [4.69, 9.17) is 0 Å². The van der Waals surface area contributed by atoms with Gasteiger partial charge >= 0.3 is 0 Å². The van der Waals surface area contributed by atoms with Crippen molar-refractivity contribution in [1.82, 2.24) is 4.98 Å². The molecule has 1 fully saturated rings. The Labute approximate surface area is 135 Å². The minimum Gasteiger partial charge on any atom is -0.376 e. The lowest BCUT2D eigenvalue weighted by Gasteiger charge is -2.32. The van der Waals surface area contributed by atoms with Crippen LogP contribution in [0.3, 0.4) is 0 Å². The molecule has 1 aliphatic rings. The van der Waals surface area contributed by atoms with Crippen molar-refractivity contribution in [2.24, 2.45) is 5.92 Å². The van der Waals surface area contributed by atoms with Crippen LogP contribution < -0.4 is 5.32 Å². The fourth-order valence-corrected chi connectivity index (χ4v) is 3.63. The molecule has 0 radical (unpaired) electrons. The van der Waals surface area contributed by atoms with Crippen LogP contribution in [-0.2, 0) is 0 Å². The molecule has 0 amide bonds. The minimum absolute atomic E-state index is 0.368. The van der Waals surface area contributed by atoms with E-state index in [1.54, 1.807) is 0 Å². The predicted octanol–water partition coefficient (Wildman–Crippen LogP) is 5.58. The number of nitrogens with one attached hydrogen (secondary N) is 1. The van der Waals surface area contributed by atoms with Gasteiger partial charge in [0.25, 0.3) is 0 Å². The first-order chi connectivity index (χ1) is 10.3. The third-order valence-corrected chi connectivity index (χ3v) is 4.98. The molecule has 1 aliphatic carbocycles. The van der Waals surface area contributed by atoms with E-state index in [0.29, 0.717) is 12.0 Å². The van der Waals surface area contributed by atoms with Gasteiger partial charge < -0.3 is 5.32 Å². The van der Waals surface area contributed by atoms with Crippen molar-refractivity contribution in [2.45, 2.75) is 38.1 Å². The second kappa shape index (κ2) is 7.08. The van der Waals surface area contributed by atoms with E-state index in [1.807, 2.05) is 12.3 Å². The van der Waals surface area contributed by atoms with Crippen molar-refractivity contribution in [2.75, 3.05) is 5.32 Å². The van der Waals surface area contributed by atoms with E-state index in [1.165, 1.54) is 37.7 Å². The number of rotatable bonds is 4. The maximum absolute atomic E-state index is 4.33. The van der Waals surface area contributed by atoms with Gasteiger partial charge in [-0.15, -0.1) is 0 Å². The predicted molar refractivity (Wildman–Crippen MR) is 91.3 cm³/mol. The molecule has 1 saturated carbocycles. The average molecular weight is 345 g/mol. The molecule has 21 heavy (non-hydrogen) atoms. The Hall–Kier alpha value is -1.35. The SMILES string of the molecule is Brc1ncccc1NC(c1ccccc1)C1CCCCC1. The van der Waals surface area contributed by atoms with Crippen LogP contribution in [-0.4, -0.2) is 4.98 Å². The quantitative estimate of drug-likeness (QED) is 0.732. The van der Waals surface area contributed by atoms with Crippen LogP contribution in [0, 0.1) is 5.92 Å². The smallest absolute Gasteiger partial charge is 0.129 e. The number of hydrogen-bond acceptors (Lipinski definition) is 2. The third-order valence-electron chi connectivity index (χ3n) is 4.35. The fourth-order valence-electron chi connectivity index (χ4n) is 3.26. The molecule has 0 aliphatic heterocycles. The summed E-state index contributed by atoms with van der Waals surface area (Å²) < 4.78 is 0.891. The summed E-state index contributed by atoms with van der Waals surface area (Å²) in [6.45, 7) is 0. The van der Waals surface area contributed by atoms with E-state index >= 15 is 0 Å². The maximum atomic E-state index is 4.33. The van der Waals surface area contributed by atoms with Gasteiger partial charge in [-0.2, -0.15) is 0 Å². The topological polar surface area (TPSA) is 24.9 Å². The lowest BCUT2D eigenvalue weighted by molar-refractivity contribution is 0.321. The van der Waals surface area contributed by atoms with Crippen molar-refractivity contribution in [1.29, 1.82) is 0 Å². The summed E-state index contributed by atoms with van der Waals surface area (Å²) in [5.74, 6) is 0.702. The van der Waals surface area contributed by atoms with Crippen molar-refractivity contribution < 1.29 is 0 Å². The molecule has 1 heterocycles. The Morgan fingerprint density at radius 2 is 1.76 bits per heavy atom. The van der Waals surface area contributed by atoms with Gasteiger partial charge in [0.2, 0.25) is 0 Å². The monoisotopic (exact) mass is 344 g/mol. The van der Waals surface area contributed by atoms with Gasteiger partial charge in [0.15, 0.2) is 0 Å². The molecule has 110 valence electrons. The van der Waals surface area contributed by atoms with Gasteiger partial charge in [-0.3, -0.25) is 0 Å². The number of aromatic nitrogens is 1. The average Bonchev–Trinajstić information content (AvgIpc) is 2.56. The van der Waals surface area contributed by atoms with Gasteiger partial charge in [-0.1, -0.05) is 49.6 Å². The van der Waals surface area contributed by atoms with Crippen molar-refractivity contribution in [3.8, 4) is 0 Å². The number of benzene rings is 1. The van der Waals surface area contributed by atoms with Gasteiger partial charge in [0.05, 0.1) is 11.7 Å². The first-order valence-electron chi connectivity index (χ1n) is 7.76. The van der Waals surface area contributed by atoms with Crippen LogP contribution in [0.4, 0.5) is 5.69 Å². The third kappa shape index (κ3) is 3.65. The van der Waals surface area contributed by atoms with E-state index in [9.17, 15) is 0 Å². The first-order valence-corrected chi connectivity index (χ1v) is 8.56. The maximum Gasteiger partial charge on any atom is 0.129 e. The summed E-state index contributed by atoms with van der Waals surface area (Å²) in [7, 11) is 0. The van der Waals surface area contributed by atoms with E-state index in [2.05, 4.69) is 62.6 Å². The summed E-state index contributed by atoms with van der Waals surface area (Å²) >= 11 is 3.55. The highest BCUT2D eigenvalue weighted by Gasteiger charge is 2.25. The highest BCUT2D eigenvalue weighted by Crippen LogP contribution is 2.37. The highest BCUT2D eigenvalue weighted by molar-refractivity contribution is 9.10. The van der Waals surface area contributed by atoms with Crippen molar-refractivity contribution >= 4 is 21.6 Å². The van der Waals surface area contributed by atoms with Crippen molar-refractivity contribution in [3.05, 3.63) is 58.8 Å². The molecular formula is C18H21BrN2. The summed E-state index contributed by atoms with van der Waals surface area (Å²) in [5, 5.41) is 3.72. The largest absolute Gasteiger partial charge is 0.376 e. The van der Waals surface area contributed by atoms with Crippen LogP contribution in [0.2, 0.25) is 0 Å². The lowest BCUT2D eigenvalue weighted by atomic mass is 9.81. The molecule has 3 heteroatoms. The van der Waals surface area contributed by atoms with Crippen LogP contribution in [0.15, 0.2) is 53.3 Å². The Kier molecular flexibility index (Phi) is 4.91. The fraction of sp³-hybridized carbons (Fsp3) is 0.389. The Balaban J connectivity index is 1.87. The van der Waals surface area contributed by atoms with Crippen LogP contribution in [0.25, 0.3) is 0 Å². The molecule has 1 aromatic heterocycles. The second-order valence-electron chi connectivity index (χ2n) is 5.77. The molecule has 0 saturated heterocycles. The van der Waals surface area contributed by atoms with Crippen LogP contribution in [0.5, 0.6) is 0 Å². The number of hydrogen-bond donors (Lipinski definition) is 1. The molecule has 2 aromatic rings. The molecular weight excluding hydrogens is 324 g/mol. The zero-order chi connectivity index (χ0) is 14.5. The number of pyridine rings is 1. The number of halogens is 1. The molecule has 1 unspecified atom stereocenters. The molecule has 0 bridgehead atoms. The zero-order valence-corrected chi connectivity index (χ0v) is 13.7. The molecule has 3 rings (SSSR count). The lowest BCUT2D eigenvalue weighted by Crippen LogP contribution is -2.23. The second-order valence-corrected chi connectivity index (χ2v) is 6.52. The van der Waals surface area contributed by atoms with Gasteiger partial charge in [-0.05, 0) is 52.4 Å². The molecule has 1 N–H and O–H groups in total. The normalized spacial score (nSPS) is 17.4. The van der Waals surface area contributed by atoms with E-state index in [-0.39, 0.29) is 0 Å². The first kappa shape index (κ1) is 14.6. The Morgan fingerprint density at radius 3 is 2.48 bits per heavy atom. The zero-order valence-electron chi connectivity index (χ0n) is 12.1. The molecule has 1 atom stereocenters. The minimum atomic E-state index is 0.368. The van der Waals surface area contributed by atoms with Crippen LogP contribution in [0.1, 0.15) is 43.7 Å². The summed E-state index contributed by atoms with van der Waals surface area (Å²) in [6, 6.07) is 15.3. The summed E-state index contributed by atoms with van der Waals surface area (Å²) in [6.07, 6.45) is 8.52.